The summed E-state index contributed by atoms with van der Waals surface area (Å²) in [5, 5.41) is 10.3. The third-order valence-electron chi connectivity index (χ3n) is 3.00. The van der Waals surface area contributed by atoms with Crippen LogP contribution in [0.2, 0.25) is 0 Å². The monoisotopic (exact) mass is 232 g/mol. The lowest BCUT2D eigenvalue weighted by Gasteiger charge is -2.09. The maximum absolute atomic E-state index is 11.1. The fraction of sp³-hybridized carbons (Fsp3) is 0.308. The first-order valence-corrected chi connectivity index (χ1v) is 5.60. The Hall–Kier alpha value is -1.81. The predicted octanol–water partition coefficient (Wildman–Crippen LogP) is 1.25. The van der Waals surface area contributed by atoms with Gasteiger partial charge in [0.1, 0.15) is 0 Å². The maximum atomic E-state index is 11.1. The summed E-state index contributed by atoms with van der Waals surface area (Å²) in [6, 6.07) is 7.81. The average Bonchev–Trinajstić information content (AvgIpc) is 2.68. The van der Waals surface area contributed by atoms with Gasteiger partial charge in [-0.05, 0) is 6.07 Å². The van der Waals surface area contributed by atoms with E-state index >= 15 is 0 Å². The highest BCUT2D eigenvalue weighted by atomic mass is 16.3. The number of primary amides is 1. The number of benzene rings is 1. The number of nitrogens with two attached hydrogens (primary N) is 1. The number of para-hydroxylation sites is 1. The van der Waals surface area contributed by atoms with Crippen molar-refractivity contribution >= 4 is 16.8 Å². The molecular formula is C13H16N2O2. The molecular weight excluding hydrogens is 216 g/mol. The van der Waals surface area contributed by atoms with E-state index in [9.17, 15) is 9.90 Å². The number of aliphatic hydroxyl groups is 1. The van der Waals surface area contributed by atoms with Crippen molar-refractivity contribution in [3.63, 3.8) is 0 Å². The van der Waals surface area contributed by atoms with E-state index in [1.165, 1.54) is 0 Å². The average molecular weight is 232 g/mol. The Labute approximate surface area is 99.7 Å². The van der Waals surface area contributed by atoms with Crippen molar-refractivity contribution in [2.45, 2.75) is 20.1 Å². The SMILES string of the molecule is CC(Cn1cc(CO)c2ccccc21)C(N)=O. The van der Waals surface area contributed by atoms with Crippen LogP contribution < -0.4 is 5.73 Å². The second-order valence-electron chi connectivity index (χ2n) is 4.29. The Bertz CT molecular complexity index is 545. The molecule has 1 heterocycles. The van der Waals surface area contributed by atoms with E-state index in [-0.39, 0.29) is 18.4 Å². The summed E-state index contributed by atoms with van der Waals surface area (Å²) < 4.78 is 1.97. The summed E-state index contributed by atoms with van der Waals surface area (Å²) in [4.78, 5) is 11.1. The van der Waals surface area contributed by atoms with E-state index in [4.69, 9.17) is 5.73 Å². The van der Waals surface area contributed by atoms with Crippen molar-refractivity contribution in [1.29, 1.82) is 0 Å². The van der Waals surface area contributed by atoms with Crippen molar-refractivity contribution in [2.75, 3.05) is 0 Å². The largest absolute Gasteiger partial charge is 0.392 e. The zero-order valence-electron chi connectivity index (χ0n) is 9.76. The Kier molecular flexibility index (Phi) is 3.15. The molecule has 1 aromatic carbocycles. The summed E-state index contributed by atoms with van der Waals surface area (Å²) in [5.41, 5.74) is 7.16. The predicted molar refractivity (Wildman–Crippen MR) is 66.2 cm³/mol. The topological polar surface area (TPSA) is 68.2 Å². The maximum Gasteiger partial charge on any atom is 0.222 e. The number of amides is 1. The first-order valence-electron chi connectivity index (χ1n) is 5.60. The number of aliphatic hydroxyl groups excluding tert-OH is 1. The summed E-state index contributed by atoms with van der Waals surface area (Å²) in [5.74, 6) is -0.536. The van der Waals surface area contributed by atoms with Crippen LogP contribution in [0.1, 0.15) is 12.5 Å². The Morgan fingerprint density at radius 1 is 1.47 bits per heavy atom. The van der Waals surface area contributed by atoms with Crippen LogP contribution in [0.5, 0.6) is 0 Å². The molecule has 3 N–H and O–H groups in total. The Balaban J connectivity index is 2.44. The molecule has 90 valence electrons. The molecule has 0 aliphatic heterocycles. The van der Waals surface area contributed by atoms with Crippen LogP contribution in [0.3, 0.4) is 0 Å². The standard InChI is InChI=1S/C13H16N2O2/c1-9(13(14)17)6-15-7-10(8-16)11-4-2-3-5-12(11)15/h2-5,7,9,16H,6,8H2,1H3,(H2,14,17). The van der Waals surface area contributed by atoms with E-state index < -0.39 is 0 Å². The van der Waals surface area contributed by atoms with Crippen LogP contribution in [0.4, 0.5) is 0 Å². The normalized spacial score (nSPS) is 12.8. The van der Waals surface area contributed by atoms with Gasteiger partial charge in [0, 0.05) is 29.2 Å². The lowest BCUT2D eigenvalue weighted by Crippen LogP contribution is -2.24. The summed E-state index contributed by atoms with van der Waals surface area (Å²) >= 11 is 0. The molecule has 0 bridgehead atoms. The van der Waals surface area contributed by atoms with Gasteiger partial charge in [-0.3, -0.25) is 4.79 Å². The van der Waals surface area contributed by atoms with Crippen molar-refractivity contribution in [2.24, 2.45) is 11.7 Å². The van der Waals surface area contributed by atoms with Crippen LogP contribution in [0.25, 0.3) is 10.9 Å². The molecule has 0 radical (unpaired) electrons. The molecule has 2 rings (SSSR count). The van der Waals surface area contributed by atoms with Gasteiger partial charge in [0.15, 0.2) is 0 Å². The fourth-order valence-corrected chi connectivity index (χ4v) is 1.98. The zero-order valence-corrected chi connectivity index (χ0v) is 9.76. The van der Waals surface area contributed by atoms with E-state index in [0.717, 1.165) is 16.5 Å². The van der Waals surface area contributed by atoms with Gasteiger partial charge in [-0.15, -0.1) is 0 Å². The van der Waals surface area contributed by atoms with Gasteiger partial charge in [0.05, 0.1) is 12.5 Å². The smallest absolute Gasteiger partial charge is 0.222 e. The van der Waals surface area contributed by atoms with Crippen molar-refractivity contribution in [3.05, 3.63) is 36.0 Å². The lowest BCUT2D eigenvalue weighted by atomic mass is 10.1. The first kappa shape index (κ1) is 11.7. The number of carbonyl (C=O) groups is 1. The second-order valence-corrected chi connectivity index (χ2v) is 4.29. The number of aromatic nitrogens is 1. The number of fused-ring (bicyclic) bond motifs is 1. The highest BCUT2D eigenvalue weighted by molar-refractivity contribution is 5.84. The van der Waals surface area contributed by atoms with E-state index in [2.05, 4.69) is 0 Å². The van der Waals surface area contributed by atoms with Gasteiger partial charge in [-0.1, -0.05) is 25.1 Å². The minimum absolute atomic E-state index is 0.00152. The van der Waals surface area contributed by atoms with Crippen molar-refractivity contribution in [3.8, 4) is 0 Å². The molecule has 0 saturated heterocycles. The third kappa shape index (κ3) is 2.17. The number of hydrogen-bond acceptors (Lipinski definition) is 2. The Morgan fingerprint density at radius 2 is 2.18 bits per heavy atom. The van der Waals surface area contributed by atoms with Crippen LogP contribution in [0.15, 0.2) is 30.5 Å². The van der Waals surface area contributed by atoms with Gasteiger partial charge >= 0.3 is 0 Å². The number of hydrogen-bond donors (Lipinski definition) is 2. The number of nitrogens with zero attached hydrogens (tertiary/aromatic N) is 1. The van der Waals surface area contributed by atoms with Crippen molar-refractivity contribution in [1.82, 2.24) is 4.57 Å². The van der Waals surface area contributed by atoms with Crippen LogP contribution in [-0.4, -0.2) is 15.6 Å². The van der Waals surface area contributed by atoms with Crippen LogP contribution in [-0.2, 0) is 17.9 Å². The first-order chi connectivity index (χ1) is 8.13. The van der Waals surface area contributed by atoms with Gasteiger partial charge in [0.2, 0.25) is 5.91 Å². The minimum atomic E-state index is -0.312. The molecule has 2 aromatic rings. The quantitative estimate of drug-likeness (QED) is 0.833. The molecule has 17 heavy (non-hydrogen) atoms. The minimum Gasteiger partial charge on any atom is -0.392 e. The molecule has 1 amide bonds. The van der Waals surface area contributed by atoms with Gasteiger partial charge < -0.3 is 15.4 Å². The molecule has 4 heteroatoms. The number of rotatable bonds is 4. The second kappa shape index (κ2) is 4.59. The molecule has 0 spiro atoms. The van der Waals surface area contributed by atoms with E-state index in [0.29, 0.717) is 6.54 Å². The van der Waals surface area contributed by atoms with Crippen LogP contribution >= 0.6 is 0 Å². The molecule has 1 aromatic heterocycles. The molecule has 1 atom stereocenters. The third-order valence-corrected chi connectivity index (χ3v) is 3.00. The van der Waals surface area contributed by atoms with Gasteiger partial charge in [-0.25, -0.2) is 0 Å². The van der Waals surface area contributed by atoms with E-state index in [1.807, 2.05) is 35.0 Å². The van der Waals surface area contributed by atoms with Crippen LogP contribution in [0, 0.1) is 5.92 Å². The fourth-order valence-electron chi connectivity index (χ4n) is 1.98. The summed E-state index contributed by atoms with van der Waals surface area (Å²) in [7, 11) is 0. The highest BCUT2D eigenvalue weighted by Crippen LogP contribution is 2.22. The molecule has 0 fully saturated rings. The molecule has 0 aliphatic carbocycles. The number of carbonyl (C=O) groups excluding carboxylic acids is 1. The van der Waals surface area contributed by atoms with Crippen molar-refractivity contribution < 1.29 is 9.90 Å². The van der Waals surface area contributed by atoms with E-state index in [1.54, 1.807) is 6.92 Å². The molecule has 0 aliphatic rings. The summed E-state index contributed by atoms with van der Waals surface area (Å²) in [6.07, 6.45) is 1.88. The van der Waals surface area contributed by atoms with Gasteiger partial charge in [0.25, 0.3) is 0 Å². The Morgan fingerprint density at radius 3 is 2.82 bits per heavy atom. The van der Waals surface area contributed by atoms with Gasteiger partial charge in [-0.2, -0.15) is 0 Å². The highest BCUT2D eigenvalue weighted by Gasteiger charge is 2.13. The molecule has 4 nitrogen and oxygen atoms in total. The summed E-state index contributed by atoms with van der Waals surface area (Å²) in [6.45, 7) is 2.34. The molecule has 0 saturated carbocycles. The zero-order chi connectivity index (χ0) is 12.4. The molecule has 1 unspecified atom stereocenters. The lowest BCUT2D eigenvalue weighted by molar-refractivity contribution is -0.121.